The first-order chi connectivity index (χ1) is 15.0. The molecule has 1 amide bonds. The molecule has 0 aliphatic carbocycles. The van der Waals surface area contributed by atoms with Crippen LogP contribution in [0.25, 0.3) is 0 Å². The Morgan fingerprint density at radius 1 is 1.25 bits per heavy atom. The van der Waals surface area contributed by atoms with Crippen molar-refractivity contribution in [2.45, 2.75) is 39.3 Å². The summed E-state index contributed by atoms with van der Waals surface area (Å²) >= 11 is 6.01. The molecule has 0 spiro atoms. The van der Waals surface area contributed by atoms with E-state index in [1.54, 1.807) is 4.90 Å². The molecule has 1 aliphatic heterocycles. The van der Waals surface area contributed by atoms with Gasteiger partial charge in [0, 0.05) is 25.7 Å². The fourth-order valence-electron chi connectivity index (χ4n) is 3.12. The van der Waals surface area contributed by atoms with Gasteiger partial charge in [0.05, 0.1) is 23.5 Å². The molecule has 32 heavy (non-hydrogen) atoms. The molecule has 0 radical (unpaired) electrons. The quantitative estimate of drug-likeness (QED) is 0.526. The average molecular weight is 466 g/mol. The van der Waals surface area contributed by atoms with Crippen LogP contribution in [0.2, 0.25) is 5.02 Å². The van der Waals surface area contributed by atoms with Crippen molar-refractivity contribution in [3.05, 3.63) is 33.7 Å². The van der Waals surface area contributed by atoms with Gasteiger partial charge in [-0.1, -0.05) is 11.6 Å². The van der Waals surface area contributed by atoms with Crippen molar-refractivity contribution >= 4 is 35.1 Å². The van der Waals surface area contributed by atoms with Crippen molar-refractivity contribution in [2.24, 2.45) is 0 Å². The van der Waals surface area contributed by atoms with Gasteiger partial charge in [-0.2, -0.15) is 0 Å². The minimum absolute atomic E-state index is 0.0569. The summed E-state index contributed by atoms with van der Waals surface area (Å²) in [6.07, 6.45) is 3.57. The Labute approximate surface area is 189 Å². The number of anilines is 2. The van der Waals surface area contributed by atoms with E-state index in [2.05, 4.69) is 15.0 Å². The molecule has 0 unspecified atom stereocenters. The molecule has 2 aromatic rings. The van der Waals surface area contributed by atoms with Gasteiger partial charge in [-0.25, -0.2) is 19.7 Å². The molecule has 2 N–H and O–H groups in total. The fourth-order valence-corrected chi connectivity index (χ4v) is 3.30. The normalized spacial score (nSPS) is 16.6. The number of ether oxygens (including phenoxy) is 2. The lowest BCUT2D eigenvalue weighted by atomic mass is 10.2. The van der Waals surface area contributed by atoms with Crippen molar-refractivity contribution in [1.82, 2.24) is 19.9 Å². The SMILES string of the molecule is C[C@H]1CN(C(=O)OC(C)(C)C)CCN1c1ncc(Oc2c(Cl)cnc(N)c2[N+](=O)[O-])cn1. The largest absolute Gasteiger partial charge is 0.445 e. The molecule has 3 heterocycles. The van der Waals surface area contributed by atoms with E-state index in [1.807, 2.05) is 32.6 Å². The number of halogens is 1. The van der Waals surface area contributed by atoms with Crippen LogP contribution in [0, 0.1) is 10.1 Å². The summed E-state index contributed by atoms with van der Waals surface area (Å²) in [4.78, 5) is 38.8. The molecule has 12 nitrogen and oxygen atoms in total. The minimum atomic E-state index is -0.718. The van der Waals surface area contributed by atoms with Gasteiger partial charge in [0.15, 0.2) is 5.75 Å². The molecular weight excluding hydrogens is 442 g/mol. The Balaban J connectivity index is 1.71. The number of rotatable bonds is 4. The highest BCUT2D eigenvalue weighted by Gasteiger charge is 2.31. The standard InChI is InChI=1S/C19H24ClN7O5/c1-11-10-25(18(28)32-19(2,3)4)5-6-26(11)17-23-7-12(8-24-17)31-15-13(20)9-22-16(21)14(15)27(29)30/h7-9,11H,5-6,10H2,1-4H3,(H2,21,22)/t11-/m0/s1. The van der Waals surface area contributed by atoms with Crippen molar-refractivity contribution < 1.29 is 19.2 Å². The first kappa shape index (κ1) is 23.3. The number of hydrogen-bond acceptors (Lipinski definition) is 10. The zero-order valence-corrected chi connectivity index (χ0v) is 18.9. The highest BCUT2D eigenvalue weighted by Crippen LogP contribution is 2.40. The van der Waals surface area contributed by atoms with E-state index >= 15 is 0 Å². The van der Waals surface area contributed by atoms with E-state index in [9.17, 15) is 14.9 Å². The molecule has 0 bridgehead atoms. The third-order valence-corrected chi connectivity index (χ3v) is 4.81. The van der Waals surface area contributed by atoms with E-state index in [1.165, 1.54) is 18.6 Å². The van der Waals surface area contributed by atoms with Gasteiger partial charge in [-0.05, 0) is 27.7 Å². The molecule has 0 saturated carbocycles. The van der Waals surface area contributed by atoms with Crippen molar-refractivity contribution in [3.8, 4) is 11.5 Å². The molecule has 1 saturated heterocycles. The second kappa shape index (κ2) is 8.99. The second-order valence-corrected chi connectivity index (χ2v) is 8.62. The van der Waals surface area contributed by atoms with Crippen molar-refractivity contribution in [1.29, 1.82) is 0 Å². The van der Waals surface area contributed by atoms with Gasteiger partial charge in [0.1, 0.15) is 10.6 Å². The number of carbonyl (C=O) groups is 1. The van der Waals surface area contributed by atoms with Gasteiger partial charge in [0.25, 0.3) is 0 Å². The monoisotopic (exact) mass is 465 g/mol. The maximum Gasteiger partial charge on any atom is 0.410 e. The van der Waals surface area contributed by atoms with Crippen LogP contribution >= 0.6 is 11.6 Å². The maximum atomic E-state index is 12.3. The van der Waals surface area contributed by atoms with E-state index in [-0.39, 0.29) is 34.5 Å². The summed E-state index contributed by atoms with van der Waals surface area (Å²) < 4.78 is 11.0. The number of amides is 1. The van der Waals surface area contributed by atoms with Crippen molar-refractivity contribution in [3.63, 3.8) is 0 Å². The first-order valence-electron chi connectivity index (χ1n) is 9.79. The highest BCUT2D eigenvalue weighted by atomic mass is 35.5. The van der Waals surface area contributed by atoms with E-state index in [4.69, 9.17) is 26.8 Å². The van der Waals surface area contributed by atoms with E-state index in [0.717, 1.165) is 0 Å². The molecule has 172 valence electrons. The Morgan fingerprint density at radius 3 is 2.47 bits per heavy atom. The number of pyridine rings is 1. The number of piperazine rings is 1. The van der Waals surface area contributed by atoms with Crippen LogP contribution in [0.5, 0.6) is 11.5 Å². The topological polar surface area (TPSA) is 150 Å². The van der Waals surface area contributed by atoms with E-state index < -0.39 is 16.2 Å². The third-order valence-electron chi connectivity index (χ3n) is 4.54. The maximum absolute atomic E-state index is 12.3. The third kappa shape index (κ3) is 5.25. The molecule has 3 rings (SSSR count). The molecule has 13 heteroatoms. The van der Waals surface area contributed by atoms with Gasteiger partial charge in [0.2, 0.25) is 17.5 Å². The van der Waals surface area contributed by atoms with Crippen LogP contribution in [0.1, 0.15) is 27.7 Å². The Kier molecular flexibility index (Phi) is 6.53. The molecular formula is C19H24ClN7O5. The predicted octanol–water partition coefficient (Wildman–Crippen LogP) is 3.25. The van der Waals surface area contributed by atoms with E-state index in [0.29, 0.717) is 25.6 Å². The number of nitrogen functional groups attached to an aromatic ring is 1. The minimum Gasteiger partial charge on any atom is -0.445 e. The second-order valence-electron chi connectivity index (χ2n) is 8.22. The summed E-state index contributed by atoms with van der Waals surface area (Å²) in [7, 11) is 0. The average Bonchev–Trinajstić information content (AvgIpc) is 2.70. The summed E-state index contributed by atoms with van der Waals surface area (Å²) in [5, 5.41) is 11.2. The molecule has 1 atom stereocenters. The van der Waals surface area contributed by atoms with Gasteiger partial charge >= 0.3 is 11.8 Å². The lowest BCUT2D eigenvalue weighted by Crippen LogP contribution is -2.55. The zero-order valence-electron chi connectivity index (χ0n) is 18.1. The summed E-state index contributed by atoms with van der Waals surface area (Å²) in [6, 6.07) is -0.0569. The lowest BCUT2D eigenvalue weighted by Gasteiger charge is -2.40. The number of nitrogens with zero attached hydrogens (tertiary/aromatic N) is 6. The highest BCUT2D eigenvalue weighted by molar-refractivity contribution is 6.32. The summed E-state index contributed by atoms with van der Waals surface area (Å²) in [6.45, 7) is 8.85. The first-order valence-corrected chi connectivity index (χ1v) is 10.2. The van der Waals surface area contributed by atoms with Crippen LogP contribution in [-0.2, 0) is 4.74 Å². The van der Waals surface area contributed by atoms with Crippen LogP contribution in [0.4, 0.5) is 22.2 Å². The fraction of sp³-hybridized carbons (Fsp3) is 0.474. The summed E-state index contributed by atoms with van der Waals surface area (Å²) in [5.74, 6) is 0.0244. The number of nitro groups is 1. The molecule has 1 fully saturated rings. The number of carbonyl (C=O) groups excluding carboxylic acids is 1. The summed E-state index contributed by atoms with van der Waals surface area (Å²) in [5.41, 5.74) is 4.49. The molecule has 1 aliphatic rings. The smallest absolute Gasteiger partial charge is 0.410 e. The lowest BCUT2D eigenvalue weighted by molar-refractivity contribution is -0.384. The van der Waals surface area contributed by atoms with Crippen molar-refractivity contribution in [2.75, 3.05) is 30.3 Å². The van der Waals surface area contributed by atoms with Crippen LogP contribution in [0.3, 0.4) is 0 Å². The van der Waals surface area contributed by atoms with Gasteiger partial charge in [-0.3, -0.25) is 10.1 Å². The number of hydrogen-bond donors (Lipinski definition) is 1. The van der Waals surface area contributed by atoms with Crippen LogP contribution < -0.4 is 15.4 Å². The predicted molar refractivity (Wildman–Crippen MR) is 117 cm³/mol. The van der Waals surface area contributed by atoms with Gasteiger partial charge in [-0.15, -0.1) is 0 Å². The molecule has 0 aromatic carbocycles. The molecule has 2 aromatic heterocycles. The van der Waals surface area contributed by atoms with Crippen LogP contribution in [0.15, 0.2) is 18.6 Å². The Morgan fingerprint density at radius 2 is 1.91 bits per heavy atom. The van der Waals surface area contributed by atoms with Gasteiger partial charge < -0.3 is 25.0 Å². The number of aromatic nitrogens is 3. The zero-order chi connectivity index (χ0) is 23.6. The van der Waals surface area contributed by atoms with Crippen LogP contribution in [-0.4, -0.2) is 62.1 Å². The Hall–Kier alpha value is -3.41. The Bertz CT molecular complexity index is 1010. The number of nitrogens with two attached hydrogens (primary N) is 1.